The standard InChI is InChI=1S/C22H25N5O3/c1-15-11-25-21(14-24-15)27-22(28)26-19-8-7-17(10-20(19)30-3)13-23-12-16-5-4-6-18(9-16)29-2/h4-11,14,23H,12-13H2,1-3H3,(H2,25,26,27,28). The second-order valence-electron chi connectivity index (χ2n) is 6.61. The third-order valence-corrected chi connectivity index (χ3v) is 4.33. The lowest BCUT2D eigenvalue weighted by molar-refractivity contribution is 0.262. The molecule has 0 saturated heterocycles. The van der Waals surface area contributed by atoms with Crippen molar-refractivity contribution in [3.63, 3.8) is 0 Å². The predicted octanol–water partition coefficient (Wildman–Crippen LogP) is 3.74. The van der Waals surface area contributed by atoms with E-state index in [-0.39, 0.29) is 0 Å². The molecule has 30 heavy (non-hydrogen) atoms. The summed E-state index contributed by atoms with van der Waals surface area (Å²) < 4.78 is 10.7. The van der Waals surface area contributed by atoms with Gasteiger partial charge in [0, 0.05) is 13.1 Å². The maximum Gasteiger partial charge on any atom is 0.324 e. The molecule has 0 aliphatic heterocycles. The number of hydrogen-bond donors (Lipinski definition) is 3. The van der Waals surface area contributed by atoms with Crippen LogP contribution >= 0.6 is 0 Å². The van der Waals surface area contributed by atoms with E-state index in [4.69, 9.17) is 9.47 Å². The van der Waals surface area contributed by atoms with Gasteiger partial charge in [0.15, 0.2) is 5.82 Å². The second kappa shape index (κ2) is 10.2. The van der Waals surface area contributed by atoms with Crippen LogP contribution in [0.4, 0.5) is 16.3 Å². The number of aryl methyl sites for hydroxylation is 1. The van der Waals surface area contributed by atoms with Gasteiger partial charge in [-0.15, -0.1) is 0 Å². The summed E-state index contributed by atoms with van der Waals surface area (Å²) in [5.41, 5.74) is 3.51. The van der Waals surface area contributed by atoms with E-state index in [0.717, 1.165) is 22.6 Å². The summed E-state index contributed by atoms with van der Waals surface area (Å²) >= 11 is 0. The van der Waals surface area contributed by atoms with Gasteiger partial charge in [-0.2, -0.15) is 0 Å². The molecule has 0 spiro atoms. The fraction of sp³-hybridized carbons (Fsp3) is 0.227. The molecule has 0 unspecified atom stereocenters. The molecule has 3 aromatic rings. The molecule has 0 aliphatic rings. The highest BCUT2D eigenvalue weighted by Crippen LogP contribution is 2.26. The molecule has 0 fully saturated rings. The van der Waals surface area contributed by atoms with Gasteiger partial charge in [-0.25, -0.2) is 9.78 Å². The Morgan fingerprint density at radius 1 is 0.933 bits per heavy atom. The highest BCUT2D eigenvalue weighted by Gasteiger charge is 2.09. The second-order valence-corrected chi connectivity index (χ2v) is 6.61. The molecule has 0 atom stereocenters. The van der Waals surface area contributed by atoms with E-state index in [1.54, 1.807) is 20.4 Å². The topological polar surface area (TPSA) is 97.4 Å². The quantitative estimate of drug-likeness (QED) is 0.526. The molecule has 3 N–H and O–H groups in total. The Hall–Kier alpha value is -3.65. The number of aromatic nitrogens is 2. The Bertz CT molecular complexity index is 992. The number of anilines is 2. The molecule has 2 amide bonds. The Morgan fingerprint density at radius 3 is 2.43 bits per heavy atom. The van der Waals surface area contributed by atoms with Crippen molar-refractivity contribution in [1.29, 1.82) is 0 Å². The number of urea groups is 1. The molecule has 3 rings (SSSR count). The molecule has 0 aliphatic carbocycles. The van der Waals surface area contributed by atoms with Gasteiger partial charge in [-0.05, 0) is 42.3 Å². The molecule has 1 aromatic heterocycles. The number of benzene rings is 2. The largest absolute Gasteiger partial charge is 0.497 e. The van der Waals surface area contributed by atoms with E-state index < -0.39 is 6.03 Å². The minimum absolute atomic E-state index is 0.371. The van der Waals surface area contributed by atoms with Crippen LogP contribution in [0.3, 0.4) is 0 Å². The van der Waals surface area contributed by atoms with E-state index in [0.29, 0.717) is 30.3 Å². The number of carbonyl (C=O) groups is 1. The summed E-state index contributed by atoms with van der Waals surface area (Å²) in [5.74, 6) is 1.78. The number of methoxy groups -OCH3 is 2. The third-order valence-electron chi connectivity index (χ3n) is 4.33. The first-order valence-corrected chi connectivity index (χ1v) is 9.44. The molecule has 156 valence electrons. The molecule has 2 aromatic carbocycles. The van der Waals surface area contributed by atoms with Gasteiger partial charge in [-0.3, -0.25) is 10.3 Å². The third kappa shape index (κ3) is 5.92. The van der Waals surface area contributed by atoms with Crippen molar-refractivity contribution >= 4 is 17.5 Å². The lowest BCUT2D eigenvalue weighted by Crippen LogP contribution is -2.20. The summed E-state index contributed by atoms with van der Waals surface area (Å²) in [6, 6.07) is 13.1. The zero-order valence-electron chi connectivity index (χ0n) is 17.2. The van der Waals surface area contributed by atoms with Crippen LogP contribution in [0.1, 0.15) is 16.8 Å². The van der Waals surface area contributed by atoms with Crippen molar-refractivity contribution in [1.82, 2.24) is 15.3 Å². The van der Waals surface area contributed by atoms with E-state index in [1.807, 2.05) is 49.4 Å². The highest BCUT2D eigenvalue weighted by molar-refractivity contribution is 6.00. The fourth-order valence-electron chi connectivity index (χ4n) is 2.81. The average Bonchev–Trinajstić information content (AvgIpc) is 2.76. The first-order chi connectivity index (χ1) is 14.6. The molecule has 0 bridgehead atoms. The van der Waals surface area contributed by atoms with Crippen LogP contribution in [-0.4, -0.2) is 30.2 Å². The van der Waals surface area contributed by atoms with E-state index in [2.05, 4.69) is 25.9 Å². The molecule has 0 radical (unpaired) electrons. The molecule has 8 heteroatoms. The van der Waals surface area contributed by atoms with Crippen LogP contribution < -0.4 is 25.4 Å². The van der Waals surface area contributed by atoms with Crippen LogP contribution in [0.25, 0.3) is 0 Å². The van der Waals surface area contributed by atoms with Crippen LogP contribution in [0, 0.1) is 6.92 Å². The summed E-state index contributed by atoms with van der Waals surface area (Å²) in [5, 5.41) is 8.80. The van der Waals surface area contributed by atoms with Crippen molar-refractivity contribution in [2.75, 3.05) is 24.9 Å². The van der Waals surface area contributed by atoms with E-state index >= 15 is 0 Å². The molecule has 0 saturated carbocycles. The molecule has 8 nitrogen and oxygen atoms in total. The molecule has 1 heterocycles. The predicted molar refractivity (Wildman–Crippen MR) is 116 cm³/mol. The number of ether oxygens (including phenoxy) is 2. The number of amides is 2. The van der Waals surface area contributed by atoms with Gasteiger partial charge in [0.2, 0.25) is 0 Å². The summed E-state index contributed by atoms with van der Waals surface area (Å²) in [6.07, 6.45) is 3.09. The fourth-order valence-corrected chi connectivity index (χ4v) is 2.81. The molecular weight excluding hydrogens is 382 g/mol. The summed E-state index contributed by atoms with van der Waals surface area (Å²) in [4.78, 5) is 20.4. The number of nitrogens with zero attached hydrogens (tertiary/aromatic N) is 2. The van der Waals surface area contributed by atoms with Gasteiger partial charge in [0.1, 0.15) is 11.5 Å². The van der Waals surface area contributed by atoms with Crippen LogP contribution in [-0.2, 0) is 13.1 Å². The minimum atomic E-state index is -0.421. The smallest absolute Gasteiger partial charge is 0.324 e. The van der Waals surface area contributed by atoms with Gasteiger partial charge in [0.25, 0.3) is 0 Å². The van der Waals surface area contributed by atoms with Gasteiger partial charge >= 0.3 is 6.03 Å². The number of hydrogen-bond acceptors (Lipinski definition) is 6. The SMILES string of the molecule is COc1cccc(CNCc2ccc(NC(=O)Nc3cnc(C)cn3)c(OC)c2)c1. The van der Waals surface area contributed by atoms with E-state index in [1.165, 1.54) is 6.20 Å². The number of rotatable bonds is 8. The van der Waals surface area contributed by atoms with Crippen molar-refractivity contribution < 1.29 is 14.3 Å². The Kier molecular flexibility index (Phi) is 7.18. The van der Waals surface area contributed by atoms with E-state index in [9.17, 15) is 4.79 Å². The summed E-state index contributed by atoms with van der Waals surface area (Å²) in [6.45, 7) is 3.19. The molecular formula is C22H25N5O3. The Balaban J connectivity index is 1.57. The lowest BCUT2D eigenvalue weighted by atomic mass is 10.1. The Labute approximate surface area is 175 Å². The normalized spacial score (nSPS) is 10.4. The van der Waals surface area contributed by atoms with Crippen molar-refractivity contribution in [2.45, 2.75) is 20.0 Å². The van der Waals surface area contributed by atoms with Crippen molar-refractivity contribution in [3.05, 3.63) is 71.7 Å². The highest BCUT2D eigenvalue weighted by atomic mass is 16.5. The van der Waals surface area contributed by atoms with Gasteiger partial charge < -0.3 is 20.1 Å². The van der Waals surface area contributed by atoms with Crippen LogP contribution in [0.15, 0.2) is 54.9 Å². The zero-order chi connectivity index (χ0) is 21.3. The first kappa shape index (κ1) is 21.1. The Morgan fingerprint density at radius 2 is 1.73 bits per heavy atom. The minimum Gasteiger partial charge on any atom is -0.497 e. The maximum absolute atomic E-state index is 12.2. The summed E-state index contributed by atoms with van der Waals surface area (Å²) in [7, 11) is 3.22. The number of nitrogens with one attached hydrogen (secondary N) is 3. The maximum atomic E-state index is 12.2. The zero-order valence-corrected chi connectivity index (χ0v) is 17.2. The van der Waals surface area contributed by atoms with Crippen molar-refractivity contribution in [3.8, 4) is 11.5 Å². The monoisotopic (exact) mass is 407 g/mol. The first-order valence-electron chi connectivity index (χ1n) is 9.44. The average molecular weight is 407 g/mol. The van der Waals surface area contributed by atoms with Crippen LogP contribution in [0.5, 0.6) is 11.5 Å². The van der Waals surface area contributed by atoms with Gasteiger partial charge in [-0.1, -0.05) is 18.2 Å². The van der Waals surface area contributed by atoms with Crippen molar-refractivity contribution in [2.24, 2.45) is 0 Å². The van der Waals surface area contributed by atoms with Gasteiger partial charge in [0.05, 0.1) is 38.0 Å². The number of carbonyl (C=O) groups excluding carboxylic acids is 1. The van der Waals surface area contributed by atoms with Crippen LogP contribution in [0.2, 0.25) is 0 Å². The lowest BCUT2D eigenvalue weighted by Gasteiger charge is -2.13.